The number of benzene rings is 1. The summed E-state index contributed by atoms with van der Waals surface area (Å²) in [7, 11) is 0. The van der Waals surface area contributed by atoms with Crippen LogP contribution in [0.3, 0.4) is 0 Å². The molecule has 0 saturated carbocycles. The molecule has 186 valence electrons. The van der Waals surface area contributed by atoms with Crippen molar-refractivity contribution in [1.29, 1.82) is 5.26 Å². The number of nitrogens with zero attached hydrogens (tertiary/aromatic N) is 4. The fraction of sp³-hybridized carbons (Fsp3) is 0.500. The van der Waals surface area contributed by atoms with E-state index in [1.165, 1.54) is 12.4 Å². The fourth-order valence-corrected chi connectivity index (χ4v) is 4.36. The molecule has 0 aliphatic carbocycles. The van der Waals surface area contributed by atoms with E-state index in [-0.39, 0.29) is 40.8 Å². The van der Waals surface area contributed by atoms with E-state index in [1.807, 2.05) is 13.0 Å². The van der Waals surface area contributed by atoms with E-state index in [0.29, 0.717) is 50.1 Å². The van der Waals surface area contributed by atoms with Crippen molar-refractivity contribution in [3.8, 4) is 11.9 Å². The van der Waals surface area contributed by atoms with Crippen molar-refractivity contribution in [3.05, 3.63) is 40.9 Å². The second-order valence-corrected chi connectivity index (χ2v) is 9.32. The van der Waals surface area contributed by atoms with Crippen molar-refractivity contribution >= 4 is 29.2 Å². The van der Waals surface area contributed by atoms with Gasteiger partial charge in [0.2, 0.25) is 5.82 Å². The maximum Gasteiger partial charge on any atom is 0.409 e. The van der Waals surface area contributed by atoms with Crippen LogP contribution < -0.4 is 10.1 Å². The number of piperidine rings is 1. The molecular formula is C24H27ClFN5O4. The zero-order valence-corrected chi connectivity index (χ0v) is 20.3. The molecule has 4 rings (SSSR count). The first-order valence-corrected chi connectivity index (χ1v) is 11.9. The lowest BCUT2D eigenvalue weighted by Gasteiger charge is -2.45. The highest BCUT2D eigenvalue weighted by atomic mass is 35.5. The van der Waals surface area contributed by atoms with Gasteiger partial charge in [0.15, 0.2) is 5.82 Å². The molecular weight excluding hydrogens is 477 g/mol. The minimum atomic E-state index is -0.762. The number of nitriles is 1. The number of nitrogens with one attached hydrogen (secondary N) is 1. The second kappa shape index (κ2) is 11.1. The van der Waals surface area contributed by atoms with Gasteiger partial charge in [-0.05, 0) is 24.1 Å². The van der Waals surface area contributed by atoms with Crippen LogP contribution in [-0.4, -0.2) is 60.0 Å². The number of carbonyl (C=O) groups is 1. The molecule has 1 amide bonds. The van der Waals surface area contributed by atoms with Crippen molar-refractivity contribution in [2.75, 3.05) is 38.2 Å². The van der Waals surface area contributed by atoms with Crippen LogP contribution in [0.2, 0.25) is 5.02 Å². The molecule has 2 bridgehead atoms. The Morgan fingerprint density at radius 3 is 2.77 bits per heavy atom. The van der Waals surface area contributed by atoms with Gasteiger partial charge in [-0.3, -0.25) is 0 Å². The number of hydrogen-bond acceptors (Lipinski definition) is 8. The molecule has 0 spiro atoms. The minimum Gasteiger partial charge on any atom is -0.471 e. The predicted octanol–water partition coefficient (Wildman–Crippen LogP) is 4.39. The molecule has 1 N–H and O–H groups in total. The quantitative estimate of drug-likeness (QED) is 0.592. The molecule has 2 fully saturated rings. The average molecular weight is 504 g/mol. The molecule has 2 aromatic rings. The zero-order valence-electron chi connectivity index (χ0n) is 19.5. The van der Waals surface area contributed by atoms with E-state index in [0.717, 1.165) is 6.42 Å². The third-order valence-corrected chi connectivity index (χ3v) is 6.62. The molecule has 9 nitrogen and oxygen atoms in total. The van der Waals surface area contributed by atoms with Crippen LogP contribution in [0.1, 0.15) is 25.8 Å². The smallest absolute Gasteiger partial charge is 0.409 e. The molecule has 3 unspecified atom stereocenters. The summed E-state index contributed by atoms with van der Waals surface area (Å²) in [6, 6.07) is 6.60. The highest BCUT2D eigenvalue weighted by Crippen LogP contribution is 2.34. The number of carbonyl (C=O) groups excluding carboxylic acids is 1. The number of rotatable bonds is 7. The van der Waals surface area contributed by atoms with Crippen LogP contribution in [0.5, 0.6) is 5.88 Å². The van der Waals surface area contributed by atoms with Gasteiger partial charge in [-0.15, -0.1) is 0 Å². The second-order valence-electron chi connectivity index (χ2n) is 8.91. The Balaban J connectivity index is 1.45. The van der Waals surface area contributed by atoms with Gasteiger partial charge in [0.1, 0.15) is 12.4 Å². The maximum absolute atomic E-state index is 15.3. The summed E-state index contributed by atoms with van der Waals surface area (Å²) >= 11 is 6.19. The van der Waals surface area contributed by atoms with Gasteiger partial charge in [-0.1, -0.05) is 31.9 Å². The number of fused-ring (bicyclic) bond motifs is 2. The monoisotopic (exact) mass is 503 g/mol. The Bertz CT molecular complexity index is 1100. The molecule has 11 heteroatoms. The maximum atomic E-state index is 15.3. The Hall–Kier alpha value is -3.16. The molecule has 1 aromatic heterocycles. The molecule has 2 aliphatic heterocycles. The van der Waals surface area contributed by atoms with Crippen LogP contribution in [0.25, 0.3) is 0 Å². The summed E-state index contributed by atoms with van der Waals surface area (Å²) in [4.78, 5) is 22.2. The predicted molar refractivity (Wildman–Crippen MR) is 126 cm³/mol. The first-order valence-electron chi connectivity index (χ1n) is 11.5. The number of anilines is 2. The highest BCUT2D eigenvalue weighted by molar-refractivity contribution is 6.33. The van der Waals surface area contributed by atoms with Crippen LogP contribution >= 0.6 is 11.6 Å². The summed E-state index contributed by atoms with van der Waals surface area (Å²) in [6.45, 7) is 6.00. The topological polar surface area (TPSA) is 110 Å². The van der Waals surface area contributed by atoms with Gasteiger partial charge in [0.05, 0.1) is 42.2 Å². The average Bonchev–Trinajstić information content (AvgIpc) is 2.85. The van der Waals surface area contributed by atoms with Crippen LogP contribution in [0, 0.1) is 34.9 Å². The number of ether oxygens (including phenoxy) is 3. The number of likely N-dealkylation sites (tertiary alicyclic amines) is 1. The molecule has 0 radical (unpaired) electrons. The highest BCUT2D eigenvalue weighted by Gasteiger charge is 2.44. The van der Waals surface area contributed by atoms with Crippen LogP contribution in [0.4, 0.5) is 20.7 Å². The van der Waals surface area contributed by atoms with Gasteiger partial charge in [-0.25, -0.2) is 9.78 Å². The summed E-state index contributed by atoms with van der Waals surface area (Å²) in [6.07, 6.45) is 1.41. The summed E-state index contributed by atoms with van der Waals surface area (Å²) in [5.41, 5.74) is 0.778. The Kier molecular flexibility index (Phi) is 7.88. The molecule has 2 saturated heterocycles. The molecule has 3 heterocycles. The van der Waals surface area contributed by atoms with E-state index in [9.17, 15) is 4.79 Å². The van der Waals surface area contributed by atoms with Crippen LogP contribution in [0.15, 0.2) is 24.5 Å². The lowest BCUT2D eigenvalue weighted by molar-refractivity contribution is -0.111. The number of aromatic nitrogens is 2. The number of amides is 1. The minimum absolute atomic E-state index is 0.103. The lowest BCUT2D eigenvalue weighted by Crippen LogP contribution is -2.58. The van der Waals surface area contributed by atoms with Gasteiger partial charge in [0.25, 0.3) is 5.88 Å². The summed E-state index contributed by atoms with van der Waals surface area (Å²) in [5, 5.41) is 12.1. The fourth-order valence-electron chi connectivity index (χ4n) is 4.13. The van der Waals surface area contributed by atoms with E-state index in [2.05, 4.69) is 22.2 Å². The number of hydrogen-bond donors (Lipinski definition) is 1. The van der Waals surface area contributed by atoms with E-state index < -0.39 is 5.82 Å². The van der Waals surface area contributed by atoms with E-state index in [4.69, 9.17) is 31.1 Å². The van der Waals surface area contributed by atoms with Crippen molar-refractivity contribution in [1.82, 2.24) is 14.9 Å². The standard InChI is InChI=1S/C24H27ClFN5O4/c1-3-14(2)10-34-24(32)31-8-16-11-33-12-17(9-31)21(16)35-23-20(26)22(28-13-29-23)30-19-5-4-15(7-27)6-18(19)25/h4-6,13-14,16-17,21H,3,8-12H2,1-2H3,(H,28,29,30). The van der Waals surface area contributed by atoms with E-state index >= 15 is 4.39 Å². The summed E-state index contributed by atoms with van der Waals surface area (Å²) in [5.74, 6) is -1.07. The molecule has 3 atom stereocenters. The van der Waals surface area contributed by atoms with Crippen molar-refractivity contribution in [2.45, 2.75) is 26.4 Å². The molecule has 2 aliphatic rings. The first-order chi connectivity index (χ1) is 16.9. The Labute approximate surface area is 208 Å². The summed E-state index contributed by atoms with van der Waals surface area (Å²) < 4.78 is 32.4. The molecule has 35 heavy (non-hydrogen) atoms. The van der Waals surface area contributed by atoms with Crippen molar-refractivity contribution < 1.29 is 23.4 Å². The van der Waals surface area contributed by atoms with Gasteiger partial charge >= 0.3 is 6.09 Å². The Morgan fingerprint density at radius 1 is 1.37 bits per heavy atom. The first kappa shape index (κ1) is 24.9. The van der Waals surface area contributed by atoms with Gasteiger partial charge in [0, 0.05) is 24.9 Å². The normalized spacial score (nSPS) is 22.1. The Morgan fingerprint density at radius 2 is 2.11 bits per heavy atom. The third kappa shape index (κ3) is 5.74. The lowest BCUT2D eigenvalue weighted by atomic mass is 9.84. The SMILES string of the molecule is CCC(C)COC(=O)N1CC2COCC(C1)C2Oc1ncnc(Nc2ccc(C#N)cc2Cl)c1F. The van der Waals surface area contributed by atoms with Crippen molar-refractivity contribution in [2.24, 2.45) is 17.8 Å². The van der Waals surface area contributed by atoms with E-state index in [1.54, 1.807) is 17.0 Å². The van der Waals surface area contributed by atoms with Crippen LogP contribution in [-0.2, 0) is 9.47 Å². The molecule has 1 aromatic carbocycles. The van der Waals surface area contributed by atoms with Crippen molar-refractivity contribution in [3.63, 3.8) is 0 Å². The largest absolute Gasteiger partial charge is 0.471 e. The van der Waals surface area contributed by atoms with Gasteiger partial charge in [-0.2, -0.15) is 14.6 Å². The van der Waals surface area contributed by atoms with Gasteiger partial charge < -0.3 is 24.4 Å². The zero-order chi connectivity index (χ0) is 24.9. The third-order valence-electron chi connectivity index (χ3n) is 6.31. The number of halogens is 2.